The average Bonchev–Trinajstić information content (AvgIpc) is 2.17. The van der Waals surface area contributed by atoms with Gasteiger partial charge in [-0.1, -0.05) is 6.58 Å². The van der Waals surface area contributed by atoms with Crippen LogP contribution in [0.4, 0.5) is 4.39 Å². The van der Waals surface area contributed by atoms with Gasteiger partial charge in [-0.25, -0.2) is 14.4 Å². The fraction of sp³-hybridized carbons (Fsp3) is 0.364. The van der Waals surface area contributed by atoms with E-state index in [1.807, 2.05) is 6.92 Å². The van der Waals surface area contributed by atoms with Gasteiger partial charge in [-0.05, 0) is 26.8 Å². The van der Waals surface area contributed by atoms with Crippen molar-refractivity contribution in [1.29, 1.82) is 0 Å². The fourth-order valence-electron chi connectivity index (χ4n) is 1.16. The lowest BCUT2D eigenvalue weighted by molar-refractivity contribution is -0.120. The standard InChI is InChI=1S/C11H14FN3O/c1-7-5-6-13-10(14-7)11(3,4)15-9(16)8(2)12/h5-6H,2H2,1,3-4H3,(H,15,16). The van der Waals surface area contributed by atoms with Crippen molar-refractivity contribution >= 4 is 5.91 Å². The topological polar surface area (TPSA) is 54.9 Å². The maximum absolute atomic E-state index is 12.6. The third-order valence-corrected chi connectivity index (χ3v) is 2.03. The number of aryl methyl sites for hydroxylation is 1. The van der Waals surface area contributed by atoms with Crippen LogP contribution >= 0.6 is 0 Å². The predicted molar refractivity (Wildman–Crippen MR) is 58.2 cm³/mol. The van der Waals surface area contributed by atoms with Crippen LogP contribution in [0.2, 0.25) is 0 Å². The number of nitrogens with one attached hydrogen (secondary N) is 1. The highest BCUT2D eigenvalue weighted by atomic mass is 19.1. The van der Waals surface area contributed by atoms with Crippen LogP contribution in [0.25, 0.3) is 0 Å². The largest absolute Gasteiger partial charge is 0.338 e. The van der Waals surface area contributed by atoms with Crippen LogP contribution in [-0.2, 0) is 10.3 Å². The highest BCUT2D eigenvalue weighted by Crippen LogP contribution is 2.16. The molecule has 1 aromatic rings. The summed E-state index contributed by atoms with van der Waals surface area (Å²) in [4.78, 5) is 19.4. The molecule has 4 nitrogen and oxygen atoms in total. The summed E-state index contributed by atoms with van der Waals surface area (Å²) in [6, 6.07) is 1.75. The van der Waals surface area contributed by atoms with Gasteiger partial charge in [0.05, 0.1) is 5.54 Å². The van der Waals surface area contributed by atoms with E-state index < -0.39 is 17.3 Å². The Bertz CT molecular complexity index is 429. The van der Waals surface area contributed by atoms with Gasteiger partial charge in [0.25, 0.3) is 5.91 Å². The monoisotopic (exact) mass is 223 g/mol. The van der Waals surface area contributed by atoms with Crippen molar-refractivity contribution in [1.82, 2.24) is 15.3 Å². The SMILES string of the molecule is C=C(F)C(=O)NC(C)(C)c1nccc(C)n1. The summed E-state index contributed by atoms with van der Waals surface area (Å²) in [6.45, 7) is 8.14. The highest BCUT2D eigenvalue weighted by molar-refractivity contribution is 5.91. The average molecular weight is 223 g/mol. The van der Waals surface area contributed by atoms with Gasteiger partial charge in [-0.15, -0.1) is 0 Å². The highest BCUT2D eigenvalue weighted by Gasteiger charge is 2.26. The van der Waals surface area contributed by atoms with Crippen LogP contribution in [0, 0.1) is 6.92 Å². The molecule has 0 aromatic carbocycles. The number of carbonyl (C=O) groups excluding carboxylic acids is 1. The molecular weight excluding hydrogens is 209 g/mol. The number of hydrogen-bond acceptors (Lipinski definition) is 3. The number of halogens is 1. The molecule has 0 aliphatic carbocycles. The minimum absolute atomic E-state index is 0.433. The molecule has 0 saturated heterocycles. The van der Waals surface area contributed by atoms with Gasteiger partial charge in [0, 0.05) is 11.9 Å². The molecule has 0 saturated carbocycles. The summed E-state index contributed by atoms with van der Waals surface area (Å²) in [6.07, 6.45) is 1.59. The third kappa shape index (κ3) is 2.85. The first-order valence-corrected chi connectivity index (χ1v) is 4.80. The smallest absolute Gasteiger partial charge is 0.280 e. The Labute approximate surface area is 93.6 Å². The summed E-state index contributed by atoms with van der Waals surface area (Å²) >= 11 is 0. The summed E-state index contributed by atoms with van der Waals surface area (Å²) in [7, 11) is 0. The molecule has 5 heteroatoms. The molecule has 16 heavy (non-hydrogen) atoms. The van der Waals surface area contributed by atoms with Crippen LogP contribution in [-0.4, -0.2) is 15.9 Å². The second kappa shape index (κ2) is 4.38. The van der Waals surface area contributed by atoms with Crippen LogP contribution in [0.5, 0.6) is 0 Å². The summed E-state index contributed by atoms with van der Waals surface area (Å²) in [5.41, 5.74) is -0.0515. The third-order valence-electron chi connectivity index (χ3n) is 2.03. The summed E-state index contributed by atoms with van der Waals surface area (Å²) in [5.74, 6) is -1.45. The Morgan fingerprint density at radius 2 is 2.19 bits per heavy atom. The molecule has 1 amide bonds. The minimum atomic E-state index is -1.03. The first kappa shape index (κ1) is 12.3. The van der Waals surface area contributed by atoms with E-state index in [2.05, 4.69) is 21.9 Å². The van der Waals surface area contributed by atoms with Gasteiger partial charge < -0.3 is 5.32 Å². The number of nitrogens with zero attached hydrogens (tertiary/aromatic N) is 2. The van der Waals surface area contributed by atoms with Crippen molar-refractivity contribution in [3.05, 3.63) is 36.2 Å². The van der Waals surface area contributed by atoms with Crippen molar-refractivity contribution in [2.45, 2.75) is 26.3 Å². The molecule has 1 heterocycles. The van der Waals surface area contributed by atoms with Crippen LogP contribution < -0.4 is 5.32 Å². The quantitative estimate of drug-likeness (QED) is 0.792. The number of hydrogen-bond donors (Lipinski definition) is 1. The molecule has 1 N–H and O–H groups in total. The molecule has 0 aliphatic rings. The minimum Gasteiger partial charge on any atom is -0.338 e. The second-order valence-corrected chi connectivity index (χ2v) is 4.01. The van der Waals surface area contributed by atoms with E-state index >= 15 is 0 Å². The second-order valence-electron chi connectivity index (χ2n) is 4.01. The van der Waals surface area contributed by atoms with E-state index in [1.165, 1.54) is 0 Å². The Balaban J connectivity index is 2.93. The van der Waals surface area contributed by atoms with Gasteiger partial charge in [-0.3, -0.25) is 4.79 Å². The number of carbonyl (C=O) groups is 1. The van der Waals surface area contributed by atoms with E-state index in [4.69, 9.17) is 0 Å². The number of amides is 1. The zero-order valence-corrected chi connectivity index (χ0v) is 9.54. The first-order chi connectivity index (χ1) is 7.33. The van der Waals surface area contributed by atoms with Crippen LogP contribution in [0.15, 0.2) is 24.7 Å². The van der Waals surface area contributed by atoms with Gasteiger partial charge in [0.2, 0.25) is 0 Å². The zero-order valence-electron chi connectivity index (χ0n) is 9.54. The molecule has 0 bridgehead atoms. The maximum Gasteiger partial charge on any atom is 0.280 e. The van der Waals surface area contributed by atoms with E-state index in [1.54, 1.807) is 26.1 Å². The summed E-state index contributed by atoms with van der Waals surface area (Å²) < 4.78 is 12.6. The zero-order chi connectivity index (χ0) is 12.3. The molecule has 86 valence electrons. The van der Waals surface area contributed by atoms with Crippen molar-refractivity contribution in [2.75, 3.05) is 0 Å². The van der Waals surface area contributed by atoms with Crippen molar-refractivity contribution in [2.24, 2.45) is 0 Å². The lowest BCUT2D eigenvalue weighted by atomic mass is 10.0. The summed E-state index contributed by atoms with van der Waals surface area (Å²) in [5, 5.41) is 2.46. The first-order valence-electron chi connectivity index (χ1n) is 4.80. The molecule has 0 atom stereocenters. The molecule has 1 rings (SSSR count). The molecule has 0 aliphatic heterocycles. The lowest BCUT2D eigenvalue weighted by Crippen LogP contribution is -2.42. The van der Waals surface area contributed by atoms with Gasteiger partial charge in [-0.2, -0.15) is 0 Å². The van der Waals surface area contributed by atoms with Crippen LogP contribution in [0.1, 0.15) is 25.4 Å². The Hall–Kier alpha value is -1.78. The Morgan fingerprint density at radius 1 is 1.56 bits per heavy atom. The van der Waals surface area contributed by atoms with E-state index in [-0.39, 0.29) is 0 Å². The van der Waals surface area contributed by atoms with Gasteiger partial charge >= 0.3 is 0 Å². The van der Waals surface area contributed by atoms with Crippen molar-refractivity contribution in [3.8, 4) is 0 Å². The van der Waals surface area contributed by atoms with Crippen LogP contribution in [0.3, 0.4) is 0 Å². The van der Waals surface area contributed by atoms with E-state index in [9.17, 15) is 9.18 Å². The molecular formula is C11H14FN3O. The molecule has 0 unspecified atom stereocenters. The fourth-order valence-corrected chi connectivity index (χ4v) is 1.16. The molecule has 0 spiro atoms. The maximum atomic E-state index is 12.6. The van der Waals surface area contributed by atoms with E-state index in [0.717, 1.165) is 5.69 Å². The molecule has 0 fully saturated rings. The van der Waals surface area contributed by atoms with Crippen molar-refractivity contribution in [3.63, 3.8) is 0 Å². The van der Waals surface area contributed by atoms with Gasteiger partial charge in [0.15, 0.2) is 11.7 Å². The lowest BCUT2D eigenvalue weighted by Gasteiger charge is -2.24. The Morgan fingerprint density at radius 3 is 2.69 bits per heavy atom. The predicted octanol–water partition coefficient (Wildman–Crippen LogP) is 1.62. The molecule has 1 aromatic heterocycles. The number of aromatic nitrogens is 2. The number of rotatable bonds is 3. The molecule has 0 radical (unpaired) electrons. The van der Waals surface area contributed by atoms with E-state index in [0.29, 0.717) is 5.82 Å². The van der Waals surface area contributed by atoms with Crippen molar-refractivity contribution < 1.29 is 9.18 Å². The Kier molecular flexibility index (Phi) is 3.37. The normalized spacial score (nSPS) is 11.0. The van der Waals surface area contributed by atoms with Gasteiger partial charge in [0.1, 0.15) is 0 Å².